The standard InChI is InChI=1S/C22H22N4O2/c27-21-3-1-15-25(21)19-10-6-18(7-11-19)22(28)23-14-12-17-4-8-20(9-5-17)26-16-2-13-24-26/h2,4-11,13,16H,1,3,12,14-15H2,(H,23,28). The molecule has 6 nitrogen and oxygen atoms in total. The minimum Gasteiger partial charge on any atom is -0.352 e. The maximum atomic E-state index is 12.3. The molecule has 1 aromatic heterocycles. The SMILES string of the molecule is O=C(NCCc1ccc(-n2cccn2)cc1)c1ccc(N2CCCC2=O)cc1. The predicted molar refractivity (Wildman–Crippen MR) is 108 cm³/mol. The maximum Gasteiger partial charge on any atom is 0.251 e. The van der Waals surface area contributed by atoms with E-state index in [1.807, 2.05) is 53.3 Å². The molecule has 6 heteroatoms. The molecule has 1 aliphatic rings. The predicted octanol–water partition coefficient (Wildman–Crippen LogP) is 2.97. The lowest BCUT2D eigenvalue weighted by Crippen LogP contribution is -2.26. The van der Waals surface area contributed by atoms with Crippen LogP contribution >= 0.6 is 0 Å². The maximum absolute atomic E-state index is 12.3. The van der Waals surface area contributed by atoms with Crippen LogP contribution in [0.3, 0.4) is 0 Å². The van der Waals surface area contributed by atoms with Gasteiger partial charge in [0.05, 0.1) is 5.69 Å². The molecule has 0 saturated carbocycles. The molecule has 0 bridgehead atoms. The summed E-state index contributed by atoms with van der Waals surface area (Å²) in [6.45, 7) is 1.32. The summed E-state index contributed by atoms with van der Waals surface area (Å²) < 4.78 is 1.81. The van der Waals surface area contributed by atoms with Crippen LogP contribution in [-0.4, -0.2) is 34.7 Å². The number of rotatable bonds is 6. The largest absolute Gasteiger partial charge is 0.352 e. The summed E-state index contributed by atoms with van der Waals surface area (Å²) in [5, 5.41) is 7.16. The normalized spacial score (nSPS) is 13.7. The highest BCUT2D eigenvalue weighted by Gasteiger charge is 2.21. The highest BCUT2D eigenvalue weighted by molar-refractivity contribution is 5.97. The first-order chi connectivity index (χ1) is 13.7. The van der Waals surface area contributed by atoms with Crippen LogP contribution in [-0.2, 0) is 11.2 Å². The van der Waals surface area contributed by atoms with Crippen molar-refractivity contribution in [2.24, 2.45) is 0 Å². The molecule has 0 radical (unpaired) electrons. The van der Waals surface area contributed by atoms with Gasteiger partial charge in [-0.05, 0) is 60.9 Å². The van der Waals surface area contributed by atoms with Gasteiger partial charge in [0, 0.05) is 43.2 Å². The van der Waals surface area contributed by atoms with E-state index in [-0.39, 0.29) is 11.8 Å². The second kappa shape index (κ2) is 8.08. The van der Waals surface area contributed by atoms with Crippen molar-refractivity contribution in [3.8, 4) is 5.69 Å². The molecule has 1 N–H and O–H groups in total. The van der Waals surface area contributed by atoms with E-state index in [0.717, 1.165) is 36.3 Å². The third-order valence-electron chi connectivity index (χ3n) is 4.92. The molecule has 28 heavy (non-hydrogen) atoms. The molecule has 3 aromatic rings. The number of nitrogens with zero attached hydrogens (tertiary/aromatic N) is 3. The molecule has 1 aliphatic heterocycles. The summed E-state index contributed by atoms with van der Waals surface area (Å²) in [6.07, 6.45) is 5.90. The van der Waals surface area contributed by atoms with Gasteiger partial charge in [-0.2, -0.15) is 5.10 Å². The van der Waals surface area contributed by atoms with Crippen molar-refractivity contribution in [3.05, 3.63) is 78.1 Å². The van der Waals surface area contributed by atoms with E-state index < -0.39 is 0 Å². The Morgan fingerprint density at radius 2 is 1.79 bits per heavy atom. The zero-order valence-electron chi connectivity index (χ0n) is 15.5. The van der Waals surface area contributed by atoms with Gasteiger partial charge < -0.3 is 10.2 Å². The van der Waals surface area contributed by atoms with Gasteiger partial charge in [-0.1, -0.05) is 12.1 Å². The molecule has 0 aliphatic carbocycles. The number of hydrogen-bond acceptors (Lipinski definition) is 3. The highest BCUT2D eigenvalue weighted by Crippen LogP contribution is 2.21. The molecule has 0 spiro atoms. The fourth-order valence-corrected chi connectivity index (χ4v) is 3.37. The summed E-state index contributed by atoms with van der Waals surface area (Å²) in [4.78, 5) is 25.9. The summed E-state index contributed by atoms with van der Waals surface area (Å²) >= 11 is 0. The van der Waals surface area contributed by atoms with E-state index in [4.69, 9.17) is 0 Å². The first kappa shape index (κ1) is 18.0. The van der Waals surface area contributed by atoms with Crippen LogP contribution in [0.5, 0.6) is 0 Å². The molecule has 4 rings (SSSR count). The summed E-state index contributed by atoms with van der Waals surface area (Å²) in [6, 6.07) is 17.2. The van der Waals surface area contributed by atoms with Crippen LogP contribution in [0.2, 0.25) is 0 Å². The summed E-state index contributed by atoms with van der Waals surface area (Å²) in [7, 11) is 0. The van der Waals surface area contributed by atoms with Crippen LogP contribution in [0.4, 0.5) is 5.69 Å². The Labute approximate surface area is 163 Å². The molecule has 2 aromatic carbocycles. The number of anilines is 1. The van der Waals surface area contributed by atoms with Crippen LogP contribution in [0.15, 0.2) is 67.0 Å². The molecule has 1 saturated heterocycles. The lowest BCUT2D eigenvalue weighted by Gasteiger charge is -2.15. The van der Waals surface area contributed by atoms with E-state index in [2.05, 4.69) is 10.4 Å². The van der Waals surface area contributed by atoms with Crippen LogP contribution in [0, 0.1) is 0 Å². The third-order valence-corrected chi connectivity index (χ3v) is 4.92. The molecule has 2 heterocycles. The second-order valence-electron chi connectivity index (χ2n) is 6.82. The molecular formula is C22H22N4O2. The van der Waals surface area contributed by atoms with Gasteiger partial charge in [-0.3, -0.25) is 9.59 Å². The fourth-order valence-electron chi connectivity index (χ4n) is 3.37. The van der Waals surface area contributed by atoms with Crippen molar-refractivity contribution in [3.63, 3.8) is 0 Å². The summed E-state index contributed by atoms with van der Waals surface area (Å²) in [5.74, 6) is 0.0447. The molecule has 2 amide bonds. The van der Waals surface area contributed by atoms with Crippen LogP contribution in [0.1, 0.15) is 28.8 Å². The number of nitrogens with one attached hydrogen (secondary N) is 1. The molecule has 0 unspecified atom stereocenters. The van der Waals surface area contributed by atoms with Gasteiger partial charge in [0.15, 0.2) is 0 Å². The van der Waals surface area contributed by atoms with E-state index in [9.17, 15) is 9.59 Å². The average molecular weight is 374 g/mol. The van der Waals surface area contributed by atoms with E-state index in [1.165, 1.54) is 0 Å². The lowest BCUT2D eigenvalue weighted by atomic mass is 10.1. The Balaban J connectivity index is 1.29. The van der Waals surface area contributed by atoms with E-state index in [1.54, 1.807) is 23.2 Å². The Kier molecular flexibility index (Phi) is 5.19. The number of carbonyl (C=O) groups is 2. The Morgan fingerprint density at radius 3 is 2.43 bits per heavy atom. The molecule has 1 fully saturated rings. The van der Waals surface area contributed by atoms with Crippen molar-refractivity contribution in [2.45, 2.75) is 19.3 Å². The smallest absolute Gasteiger partial charge is 0.251 e. The second-order valence-corrected chi connectivity index (χ2v) is 6.82. The quantitative estimate of drug-likeness (QED) is 0.721. The number of carbonyl (C=O) groups excluding carboxylic acids is 2. The molecule has 0 atom stereocenters. The number of amides is 2. The summed E-state index contributed by atoms with van der Waals surface area (Å²) in [5.41, 5.74) is 3.62. The van der Waals surface area contributed by atoms with Crippen molar-refractivity contribution >= 4 is 17.5 Å². The average Bonchev–Trinajstić information content (AvgIpc) is 3.40. The van der Waals surface area contributed by atoms with E-state index >= 15 is 0 Å². The molecule has 142 valence electrons. The van der Waals surface area contributed by atoms with Gasteiger partial charge in [0.2, 0.25) is 5.91 Å². The van der Waals surface area contributed by atoms with Crippen LogP contribution < -0.4 is 10.2 Å². The molecular weight excluding hydrogens is 352 g/mol. The third kappa shape index (κ3) is 3.96. The lowest BCUT2D eigenvalue weighted by molar-refractivity contribution is -0.117. The Morgan fingerprint density at radius 1 is 1.04 bits per heavy atom. The highest BCUT2D eigenvalue weighted by atomic mass is 16.2. The number of aromatic nitrogens is 2. The fraction of sp³-hybridized carbons (Fsp3) is 0.227. The van der Waals surface area contributed by atoms with Gasteiger partial charge in [-0.15, -0.1) is 0 Å². The first-order valence-electron chi connectivity index (χ1n) is 9.48. The monoisotopic (exact) mass is 374 g/mol. The van der Waals surface area contributed by atoms with Gasteiger partial charge in [0.1, 0.15) is 0 Å². The van der Waals surface area contributed by atoms with Crippen molar-refractivity contribution in [2.75, 3.05) is 18.0 Å². The van der Waals surface area contributed by atoms with Crippen molar-refractivity contribution in [1.29, 1.82) is 0 Å². The zero-order valence-corrected chi connectivity index (χ0v) is 15.5. The van der Waals surface area contributed by atoms with Gasteiger partial charge >= 0.3 is 0 Å². The van der Waals surface area contributed by atoms with Crippen LogP contribution in [0.25, 0.3) is 5.69 Å². The van der Waals surface area contributed by atoms with E-state index in [0.29, 0.717) is 18.5 Å². The van der Waals surface area contributed by atoms with Crippen molar-refractivity contribution in [1.82, 2.24) is 15.1 Å². The van der Waals surface area contributed by atoms with Gasteiger partial charge in [-0.25, -0.2) is 4.68 Å². The van der Waals surface area contributed by atoms with Crippen molar-refractivity contribution < 1.29 is 9.59 Å². The topological polar surface area (TPSA) is 67.2 Å². The van der Waals surface area contributed by atoms with Gasteiger partial charge in [0.25, 0.3) is 5.91 Å². The minimum atomic E-state index is -0.104. The minimum absolute atomic E-state index is 0.104. The first-order valence-corrected chi connectivity index (χ1v) is 9.48. The number of hydrogen-bond donors (Lipinski definition) is 1. The zero-order chi connectivity index (χ0) is 19.3. The Bertz CT molecular complexity index is 947. The number of benzene rings is 2. The Hall–Kier alpha value is -3.41.